The Morgan fingerprint density at radius 3 is 2.92 bits per heavy atom. The Bertz CT molecular complexity index is 914. The number of aliphatic imine (C=N–C) groups is 1. The first kappa shape index (κ1) is 16.8. The zero-order chi connectivity index (χ0) is 17.6. The minimum absolute atomic E-state index is 0.253. The molecule has 0 saturated carbocycles. The summed E-state index contributed by atoms with van der Waals surface area (Å²) in [5.41, 5.74) is 2.35. The van der Waals surface area contributed by atoms with Crippen LogP contribution in [0.5, 0.6) is 0 Å². The molecule has 1 aromatic heterocycles. The molecule has 3 heterocycles. The third-order valence-corrected chi connectivity index (χ3v) is 6.03. The molecule has 2 aromatic rings. The summed E-state index contributed by atoms with van der Waals surface area (Å²) in [4.78, 5) is 8.92. The predicted molar refractivity (Wildman–Crippen MR) is 109 cm³/mol. The predicted octanol–water partition coefficient (Wildman–Crippen LogP) is 4.28. The van der Waals surface area contributed by atoms with Gasteiger partial charge in [0.1, 0.15) is 11.0 Å². The van der Waals surface area contributed by atoms with Crippen molar-refractivity contribution in [2.75, 3.05) is 0 Å². The second-order valence-corrected chi connectivity index (χ2v) is 7.65. The fourth-order valence-corrected chi connectivity index (χ4v) is 3.95. The van der Waals surface area contributed by atoms with Gasteiger partial charge in [-0.05, 0) is 47.2 Å². The Morgan fingerprint density at radius 1 is 1.32 bits per heavy atom. The summed E-state index contributed by atoms with van der Waals surface area (Å²) in [5, 5.41) is 4.90. The molecule has 128 valence electrons. The average Bonchev–Trinajstić information content (AvgIpc) is 3.13. The Kier molecular flexibility index (Phi) is 4.43. The van der Waals surface area contributed by atoms with Gasteiger partial charge in [0.15, 0.2) is 5.82 Å². The van der Waals surface area contributed by atoms with Gasteiger partial charge < -0.3 is 4.57 Å². The first-order valence-corrected chi connectivity index (χ1v) is 9.45. The smallest absolute Gasteiger partial charge is 0.159 e. The van der Waals surface area contributed by atoms with Crippen molar-refractivity contribution in [3.8, 4) is 11.4 Å². The van der Waals surface area contributed by atoms with Gasteiger partial charge in [0.05, 0.1) is 9.62 Å². The van der Waals surface area contributed by atoms with E-state index in [2.05, 4.69) is 73.8 Å². The molecule has 7 heteroatoms. The topological polar surface area (TPSA) is 36.7 Å². The highest BCUT2D eigenvalue weighted by Gasteiger charge is 2.35. The molecule has 5 nitrogen and oxygen atoms in total. The Morgan fingerprint density at radius 2 is 2.16 bits per heavy atom. The highest BCUT2D eigenvalue weighted by atomic mass is 127. The summed E-state index contributed by atoms with van der Waals surface area (Å²) >= 11 is 8.43. The molecule has 0 saturated heterocycles. The number of nitrogens with zero attached hydrogens (tertiary/aromatic N) is 5. The number of fused-ring (bicyclic) bond motifs is 1. The van der Waals surface area contributed by atoms with Gasteiger partial charge in [0, 0.05) is 37.7 Å². The van der Waals surface area contributed by atoms with E-state index < -0.39 is 0 Å². The van der Waals surface area contributed by atoms with Crippen molar-refractivity contribution in [3.63, 3.8) is 0 Å². The molecule has 0 amide bonds. The summed E-state index contributed by atoms with van der Waals surface area (Å²) < 4.78 is 3.23. The maximum absolute atomic E-state index is 6.07. The van der Waals surface area contributed by atoms with Gasteiger partial charge in [0.25, 0.3) is 0 Å². The molecule has 1 atom stereocenters. The van der Waals surface area contributed by atoms with Crippen LogP contribution in [0.1, 0.15) is 12.5 Å². The Hall–Kier alpha value is -1.64. The highest BCUT2D eigenvalue weighted by Crippen LogP contribution is 2.37. The van der Waals surface area contributed by atoms with Crippen LogP contribution in [0, 0.1) is 0 Å². The third kappa shape index (κ3) is 3.02. The van der Waals surface area contributed by atoms with Gasteiger partial charge in [-0.15, -0.1) is 0 Å². The van der Waals surface area contributed by atoms with Crippen molar-refractivity contribution in [1.29, 1.82) is 0 Å². The maximum Gasteiger partial charge on any atom is 0.159 e. The number of hydrazine groups is 1. The molecule has 2 aliphatic rings. The van der Waals surface area contributed by atoms with Crippen LogP contribution in [0.25, 0.3) is 11.4 Å². The zero-order valence-corrected chi connectivity index (χ0v) is 16.8. The van der Waals surface area contributed by atoms with E-state index >= 15 is 0 Å². The molecule has 4 rings (SSSR count). The number of benzene rings is 1. The molecule has 0 fully saturated rings. The van der Waals surface area contributed by atoms with Crippen molar-refractivity contribution >= 4 is 39.4 Å². The lowest BCUT2D eigenvalue weighted by Crippen LogP contribution is -2.38. The summed E-state index contributed by atoms with van der Waals surface area (Å²) in [6, 6.07) is 8.78. The van der Waals surface area contributed by atoms with E-state index in [-0.39, 0.29) is 6.04 Å². The SMILES string of the molecule is CC1C(I)=C2N=C(Cl)C=CN2N1Cc1cccc(-c2nccn2C)c1. The average molecular weight is 466 g/mol. The van der Waals surface area contributed by atoms with E-state index in [1.807, 2.05) is 36.3 Å². The van der Waals surface area contributed by atoms with Crippen LogP contribution < -0.4 is 0 Å². The first-order valence-electron chi connectivity index (χ1n) is 7.99. The lowest BCUT2D eigenvalue weighted by atomic mass is 10.1. The van der Waals surface area contributed by atoms with Crippen LogP contribution in [-0.4, -0.2) is 30.8 Å². The number of aryl methyl sites for hydroxylation is 1. The molecule has 1 aromatic carbocycles. The van der Waals surface area contributed by atoms with E-state index in [0.717, 1.165) is 23.8 Å². The van der Waals surface area contributed by atoms with Crippen LogP contribution in [0.2, 0.25) is 0 Å². The number of hydrogen-bond acceptors (Lipinski definition) is 4. The minimum atomic E-state index is 0.253. The van der Waals surface area contributed by atoms with Gasteiger partial charge in [-0.2, -0.15) is 0 Å². The molecule has 2 aliphatic heterocycles. The summed E-state index contributed by atoms with van der Waals surface area (Å²) in [5.74, 6) is 1.89. The first-order chi connectivity index (χ1) is 12.0. The van der Waals surface area contributed by atoms with Crippen LogP contribution in [0.15, 0.2) is 63.3 Å². The van der Waals surface area contributed by atoms with Crippen LogP contribution in [-0.2, 0) is 13.6 Å². The highest BCUT2D eigenvalue weighted by molar-refractivity contribution is 14.1. The largest absolute Gasteiger partial charge is 0.334 e. The van der Waals surface area contributed by atoms with Crippen LogP contribution in [0.3, 0.4) is 0 Å². The fraction of sp³-hybridized carbons (Fsp3) is 0.222. The van der Waals surface area contributed by atoms with Gasteiger partial charge in [-0.3, -0.25) is 5.01 Å². The lowest BCUT2D eigenvalue weighted by Gasteiger charge is -2.32. The monoisotopic (exact) mass is 465 g/mol. The van der Waals surface area contributed by atoms with Crippen molar-refractivity contribution in [1.82, 2.24) is 19.6 Å². The standard InChI is InChI=1S/C18H17ClIN5/c1-12-16(20)18-22-15(19)6-8-24(18)25(12)11-13-4-3-5-14(10-13)17-21-7-9-23(17)2/h3-10,12H,11H2,1-2H3. The lowest BCUT2D eigenvalue weighted by molar-refractivity contribution is 0.0456. The Balaban J connectivity index is 1.62. The summed E-state index contributed by atoms with van der Waals surface area (Å²) in [6.45, 7) is 2.97. The second kappa shape index (κ2) is 6.59. The molecule has 0 bridgehead atoms. The molecule has 0 radical (unpaired) electrons. The molecular weight excluding hydrogens is 449 g/mol. The van der Waals surface area contributed by atoms with Crippen molar-refractivity contribution in [2.24, 2.45) is 12.0 Å². The second-order valence-electron chi connectivity index (χ2n) is 6.10. The van der Waals surface area contributed by atoms with Crippen molar-refractivity contribution in [3.05, 3.63) is 63.9 Å². The fourth-order valence-electron chi connectivity index (χ4n) is 3.12. The van der Waals surface area contributed by atoms with E-state index in [4.69, 9.17) is 11.6 Å². The quantitative estimate of drug-likeness (QED) is 0.635. The maximum atomic E-state index is 6.07. The van der Waals surface area contributed by atoms with Gasteiger partial charge in [0.2, 0.25) is 0 Å². The van der Waals surface area contributed by atoms with E-state index in [0.29, 0.717) is 5.17 Å². The van der Waals surface area contributed by atoms with E-state index in [1.54, 1.807) is 0 Å². The van der Waals surface area contributed by atoms with Gasteiger partial charge in [-0.1, -0.05) is 29.8 Å². The third-order valence-electron chi connectivity index (χ3n) is 4.44. The number of rotatable bonds is 3. The summed E-state index contributed by atoms with van der Waals surface area (Å²) in [6.07, 6.45) is 7.59. The van der Waals surface area contributed by atoms with E-state index in [9.17, 15) is 0 Å². The van der Waals surface area contributed by atoms with E-state index in [1.165, 1.54) is 9.14 Å². The number of hydrogen-bond donors (Lipinski definition) is 0. The minimum Gasteiger partial charge on any atom is -0.334 e. The number of aromatic nitrogens is 2. The van der Waals surface area contributed by atoms with Crippen molar-refractivity contribution in [2.45, 2.75) is 19.5 Å². The summed E-state index contributed by atoms with van der Waals surface area (Å²) in [7, 11) is 2.01. The molecule has 0 N–H and O–H groups in total. The van der Waals surface area contributed by atoms with Gasteiger partial charge >= 0.3 is 0 Å². The van der Waals surface area contributed by atoms with Crippen LogP contribution >= 0.6 is 34.2 Å². The van der Waals surface area contributed by atoms with Crippen molar-refractivity contribution < 1.29 is 0 Å². The zero-order valence-electron chi connectivity index (χ0n) is 13.9. The van der Waals surface area contributed by atoms with Crippen LogP contribution in [0.4, 0.5) is 0 Å². The molecule has 25 heavy (non-hydrogen) atoms. The number of halogens is 2. The van der Waals surface area contributed by atoms with Gasteiger partial charge in [-0.25, -0.2) is 15.0 Å². The molecular formula is C18H17ClIN5. The normalized spacial score (nSPS) is 20.2. The molecule has 1 unspecified atom stereocenters. The molecule has 0 spiro atoms. The Labute approximate surface area is 165 Å². The number of allylic oxidation sites excluding steroid dienone is 1. The molecule has 0 aliphatic carbocycles. The number of imidazole rings is 1.